The highest BCUT2D eigenvalue weighted by molar-refractivity contribution is 5.96. The van der Waals surface area contributed by atoms with Gasteiger partial charge in [-0.1, -0.05) is 30.3 Å². The van der Waals surface area contributed by atoms with E-state index in [2.05, 4.69) is 25.3 Å². The average Bonchev–Trinajstić information content (AvgIpc) is 3.29. The van der Waals surface area contributed by atoms with Crippen molar-refractivity contribution in [2.75, 3.05) is 0 Å². The van der Waals surface area contributed by atoms with Gasteiger partial charge in [-0.25, -0.2) is 9.97 Å². The SMILES string of the molecule is O=C(NCc1ccccc1)c1cc(-c2ncnc3[nH]ccc23)c[nH]1.[HH].[HH]. The first-order valence-corrected chi connectivity index (χ1v) is 7.60. The normalized spacial score (nSPS) is 10.8. The van der Waals surface area contributed by atoms with Gasteiger partial charge >= 0.3 is 0 Å². The number of hydrogen-bond acceptors (Lipinski definition) is 3. The highest BCUT2D eigenvalue weighted by atomic mass is 16.1. The Hall–Kier alpha value is -3.41. The Morgan fingerprint density at radius 2 is 2.00 bits per heavy atom. The average molecular weight is 321 g/mol. The van der Waals surface area contributed by atoms with E-state index in [1.807, 2.05) is 42.6 Å². The van der Waals surface area contributed by atoms with E-state index in [1.54, 1.807) is 12.3 Å². The van der Waals surface area contributed by atoms with Gasteiger partial charge in [0.25, 0.3) is 5.91 Å². The molecule has 122 valence electrons. The Kier molecular flexibility index (Phi) is 3.55. The fourth-order valence-corrected chi connectivity index (χ4v) is 2.64. The lowest BCUT2D eigenvalue weighted by molar-refractivity contribution is 0.0946. The summed E-state index contributed by atoms with van der Waals surface area (Å²) >= 11 is 0. The standard InChI is InChI=1S/C18H15N5O.2H2/c24-18(21-9-12-4-2-1-3-5-12)15-8-13(10-20-15)16-14-6-7-19-17(14)23-11-22-16;;/h1-8,10-11,20H,9H2,(H,21,24)(H,19,22,23);2*1H. The minimum absolute atomic E-state index is 0. The second-order valence-electron chi connectivity index (χ2n) is 5.43. The molecule has 3 heterocycles. The van der Waals surface area contributed by atoms with Gasteiger partial charge in [-0.15, -0.1) is 0 Å². The number of carbonyl (C=O) groups is 1. The summed E-state index contributed by atoms with van der Waals surface area (Å²) in [5, 5.41) is 3.83. The highest BCUT2D eigenvalue weighted by Gasteiger charge is 2.12. The van der Waals surface area contributed by atoms with E-state index >= 15 is 0 Å². The first-order chi connectivity index (χ1) is 11.8. The molecule has 0 saturated heterocycles. The van der Waals surface area contributed by atoms with E-state index in [1.165, 1.54) is 6.33 Å². The molecule has 4 rings (SSSR count). The molecular weight excluding hydrogens is 302 g/mol. The predicted octanol–water partition coefficient (Wildman–Crippen LogP) is 3.38. The zero-order valence-corrected chi connectivity index (χ0v) is 12.8. The molecule has 1 amide bonds. The van der Waals surface area contributed by atoms with Crippen molar-refractivity contribution in [2.24, 2.45) is 0 Å². The number of aromatic amines is 2. The van der Waals surface area contributed by atoms with Crippen LogP contribution in [0.15, 0.2) is 61.2 Å². The molecule has 0 saturated carbocycles. The van der Waals surface area contributed by atoms with Crippen molar-refractivity contribution in [3.05, 3.63) is 72.4 Å². The maximum Gasteiger partial charge on any atom is 0.267 e. The summed E-state index contributed by atoms with van der Waals surface area (Å²) < 4.78 is 0. The van der Waals surface area contributed by atoms with Gasteiger partial charge in [0.2, 0.25) is 0 Å². The third-order valence-corrected chi connectivity index (χ3v) is 3.85. The van der Waals surface area contributed by atoms with Crippen molar-refractivity contribution in [1.82, 2.24) is 25.3 Å². The third kappa shape index (κ3) is 2.65. The van der Waals surface area contributed by atoms with Crippen LogP contribution in [0.1, 0.15) is 18.9 Å². The third-order valence-electron chi connectivity index (χ3n) is 3.85. The number of amides is 1. The van der Waals surface area contributed by atoms with Gasteiger partial charge in [0.15, 0.2) is 0 Å². The number of hydrogen-bond donors (Lipinski definition) is 3. The molecule has 0 aliphatic rings. The highest BCUT2D eigenvalue weighted by Crippen LogP contribution is 2.25. The molecular formula is C18H19N5O. The number of benzene rings is 1. The number of aromatic nitrogens is 4. The lowest BCUT2D eigenvalue weighted by atomic mass is 10.1. The summed E-state index contributed by atoms with van der Waals surface area (Å²) in [6, 6.07) is 13.5. The second kappa shape index (κ2) is 6.00. The topological polar surface area (TPSA) is 86.5 Å². The van der Waals surface area contributed by atoms with Gasteiger partial charge in [-0.2, -0.15) is 0 Å². The predicted molar refractivity (Wildman–Crippen MR) is 95.5 cm³/mol. The Morgan fingerprint density at radius 1 is 1.12 bits per heavy atom. The number of nitrogens with zero attached hydrogens (tertiary/aromatic N) is 2. The van der Waals surface area contributed by atoms with Crippen LogP contribution in [0.25, 0.3) is 22.3 Å². The molecule has 0 aliphatic carbocycles. The minimum atomic E-state index is -0.149. The smallest absolute Gasteiger partial charge is 0.267 e. The van der Waals surface area contributed by atoms with Gasteiger partial charge in [0.1, 0.15) is 17.7 Å². The lowest BCUT2D eigenvalue weighted by Crippen LogP contribution is -2.22. The van der Waals surface area contributed by atoms with Crippen molar-refractivity contribution in [1.29, 1.82) is 0 Å². The summed E-state index contributed by atoms with van der Waals surface area (Å²) in [4.78, 5) is 26.9. The minimum Gasteiger partial charge on any atom is -0.357 e. The fraction of sp³-hybridized carbons (Fsp3) is 0.0556. The van der Waals surface area contributed by atoms with Crippen molar-refractivity contribution < 1.29 is 7.65 Å². The van der Waals surface area contributed by atoms with Crippen LogP contribution < -0.4 is 5.32 Å². The Balaban J connectivity index is 0.00000121. The fourth-order valence-electron chi connectivity index (χ4n) is 2.64. The van der Waals surface area contributed by atoms with Crippen molar-refractivity contribution in [3.63, 3.8) is 0 Å². The van der Waals surface area contributed by atoms with Crippen molar-refractivity contribution >= 4 is 16.9 Å². The number of fused-ring (bicyclic) bond motifs is 1. The summed E-state index contributed by atoms with van der Waals surface area (Å²) in [6.45, 7) is 0.490. The number of carbonyl (C=O) groups excluding carboxylic acids is 1. The van der Waals surface area contributed by atoms with E-state index < -0.39 is 0 Å². The van der Waals surface area contributed by atoms with E-state index in [9.17, 15) is 4.79 Å². The van der Waals surface area contributed by atoms with Gasteiger partial charge in [-0.3, -0.25) is 4.79 Å². The van der Waals surface area contributed by atoms with Crippen LogP contribution >= 0.6 is 0 Å². The summed E-state index contributed by atoms with van der Waals surface area (Å²) in [6.07, 6.45) is 5.12. The molecule has 0 spiro atoms. The van der Waals surface area contributed by atoms with Crippen LogP contribution in [0.5, 0.6) is 0 Å². The van der Waals surface area contributed by atoms with Crippen LogP contribution in [-0.2, 0) is 6.54 Å². The van der Waals surface area contributed by atoms with E-state index in [0.717, 1.165) is 27.9 Å². The quantitative estimate of drug-likeness (QED) is 0.538. The zero-order chi connectivity index (χ0) is 16.4. The van der Waals surface area contributed by atoms with Crippen LogP contribution in [0.3, 0.4) is 0 Å². The number of nitrogens with one attached hydrogen (secondary N) is 3. The molecule has 0 aliphatic heterocycles. The molecule has 0 unspecified atom stereocenters. The summed E-state index contributed by atoms with van der Waals surface area (Å²) in [7, 11) is 0. The molecule has 1 aromatic carbocycles. The molecule has 0 radical (unpaired) electrons. The molecule has 0 bridgehead atoms. The first-order valence-electron chi connectivity index (χ1n) is 7.60. The maximum absolute atomic E-state index is 12.3. The molecule has 6 heteroatoms. The Bertz CT molecular complexity index is 997. The van der Waals surface area contributed by atoms with Crippen LogP contribution in [0.4, 0.5) is 0 Å². The first kappa shape index (κ1) is 14.2. The number of H-pyrrole nitrogens is 2. The largest absolute Gasteiger partial charge is 0.357 e. The monoisotopic (exact) mass is 321 g/mol. The van der Waals surface area contributed by atoms with E-state index in [0.29, 0.717) is 12.2 Å². The Morgan fingerprint density at radius 3 is 2.88 bits per heavy atom. The zero-order valence-electron chi connectivity index (χ0n) is 12.8. The van der Waals surface area contributed by atoms with Crippen LogP contribution in [-0.4, -0.2) is 25.8 Å². The maximum atomic E-state index is 12.3. The van der Waals surface area contributed by atoms with E-state index in [4.69, 9.17) is 0 Å². The van der Waals surface area contributed by atoms with Gasteiger partial charge in [0, 0.05) is 32.7 Å². The molecule has 3 N–H and O–H groups in total. The lowest BCUT2D eigenvalue weighted by Gasteiger charge is -2.03. The molecule has 4 aromatic rings. The molecule has 3 aromatic heterocycles. The van der Waals surface area contributed by atoms with Crippen molar-refractivity contribution in [3.8, 4) is 11.3 Å². The summed E-state index contributed by atoms with van der Waals surface area (Å²) in [5.41, 5.74) is 3.98. The van der Waals surface area contributed by atoms with Gasteiger partial charge in [-0.05, 0) is 17.7 Å². The van der Waals surface area contributed by atoms with Crippen molar-refractivity contribution in [2.45, 2.75) is 6.54 Å². The molecule has 6 nitrogen and oxygen atoms in total. The molecule has 24 heavy (non-hydrogen) atoms. The van der Waals surface area contributed by atoms with Crippen LogP contribution in [0.2, 0.25) is 0 Å². The van der Waals surface area contributed by atoms with Gasteiger partial charge < -0.3 is 15.3 Å². The summed E-state index contributed by atoms with van der Waals surface area (Å²) in [5.74, 6) is -0.149. The second-order valence-corrected chi connectivity index (χ2v) is 5.43. The number of rotatable bonds is 4. The van der Waals surface area contributed by atoms with Crippen LogP contribution in [0, 0.1) is 0 Å². The molecule has 0 fully saturated rings. The molecule has 0 atom stereocenters. The van der Waals surface area contributed by atoms with Gasteiger partial charge in [0.05, 0.1) is 5.69 Å². The van der Waals surface area contributed by atoms with E-state index in [-0.39, 0.29) is 8.76 Å². The Labute approximate surface area is 140 Å².